The Kier molecular flexibility index (Phi) is 2.70. The molecule has 1 aliphatic carbocycles. The second kappa shape index (κ2) is 4.09. The minimum absolute atomic E-state index is 0.151. The average molecular weight is 345 g/mol. The molecular weight excluding hydrogens is 333 g/mol. The Morgan fingerprint density at radius 2 is 2.12 bits per heavy atom. The zero-order valence-corrected chi connectivity index (χ0v) is 11.2. The lowest BCUT2D eigenvalue weighted by Crippen LogP contribution is -2.21. The summed E-state index contributed by atoms with van der Waals surface area (Å²) < 4.78 is 0.912. The standard InChI is InChI=1S/C11H12IN3O2/c12-9-3-6(15(16)17)1-2-10(9)14-11-7-4-13-5-8(7)11/h1-3,7-8,11,13-14H,4-5H2. The molecule has 6 heteroatoms. The van der Waals surface area contributed by atoms with E-state index < -0.39 is 0 Å². The summed E-state index contributed by atoms with van der Waals surface area (Å²) in [6, 6.07) is 5.52. The highest BCUT2D eigenvalue weighted by molar-refractivity contribution is 14.1. The fourth-order valence-electron chi connectivity index (χ4n) is 2.55. The lowest BCUT2D eigenvalue weighted by atomic mass is 10.2. The van der Waals surface area contributed by atoms with Gasteiger partial charge in [0.2, 0.25) is 0 Å². The van der Waals surface area contributed by atoms with Gasteiger partial charge in [0.25, 0.3) is 5.69 Å². The van der Waals surface area contributed by atoms with Gasteiger partial charge in [-0.05, 0) is 40.5 Å². The largest absolute Gasteiger partial charge is 0.381 e. The number of hydrogen-bond acceptors (Lipinski definition) is 4. The fourth-order valence-corrected chi connectivity index (χ4v) is 3.20. The van der Waals surface area contributed by atoms with Gasteiger partial charge in [0.1, 0.15) is 0 Å². The van der Waals surface area contributed by atoms with Crippen molar-refractivity contribution in [3.05, 3.63) is 31.9 Å². The van der Waals surface area contributed by atoms with Crippen LogP contribution < -0.4 is 10.6 Å². The molecule has 5 nitrogen and oxygen atoms in total. The van der Waals surface area contributed by atoms with Crippen LogP contribution >= 0.6 is 22.6 Å². The molecule has 2 atom stereocenters. The van der Waals surface area contributed by atoms with Gasteiger partial charge in [0, 0.05) is 40.5 Å². The quantitative estimate of drug-likeness (QED) is 0.498. The predicted octanol–water partition coefficient (Wildman–Crippen LogP) is 1.83. The Hall–Kier alpha value is -0.890. The van der Waals surface area contributed by atoms with E-state index in [2.05, 4.69) is 33.2 Å². The van der Waals surface area contributed by atoms with Gasteiger partial charge in [-0.2, -0.15) is 0 Å². The molecule has 0 amide bonds. The van der Waals surface area contributed by atoms with Crippen LogP contribution in [0.15, 0.2) is 18.2 Å². The van der Waals surface area contributed by atoms with Crippen LogP contribution in [0.25, 0.3) is 0 Å². The van der Waals surface area contributed by atoms with E-state index in [1.54, 1.807) is 18.2 Å². The zero-order chi connectivity index (χ0) is 12.0. The number of nitrogens with one attached hydrogen (secondary N) is 2. The molecule has 2 unspecified atom stereocenters. The lowest BCUT2D eigenvalue weighted by Gasteiger charge is -2.10. The van der Waals surface area contributed by atoms with Crippen molar-refractivity contribution in [1.29, 1.82) is 0 Å². The highest BCUT2D eigenvalue weighted by atomic mass is 127. The monoisotopic (exact) mass is 345 g/mol. The Balaban J connectivity index is 1.73. The highest BCUT2D eigenvalue weighted by Gasteiger charge is 2.52. The number of nitro groups is 1. The van der Waals surface area contributed by atoms with Crippen molar-refractivity contribution < 1.29 is 4.92 Å². The van der Waals surface area contributed by atoms with Crippen LogP contribution in [0.4, 0.5) is 11.4 Å². The summed E-state index contributed by atoms with van der Waals surface area (Å²) in [6.07, 6.45) is 0. The third kappa shape index (κ3) is 1.99. The van der Waals surface area contributed by atoms with Crippen molar-refractivity contribution in [2.45, 2.75) is 6.04 Å². The van der Waals surface area contributed by atoms with E-state index in [4.69, 9.17) is 0 Å². The lowest BCUT2D eigenvalue weighted by molar-refractivity contribution is -0.384. The van der Waals surface area contributed by atoms with Crippen molar-refractivity contribution in [1.82, 2.24) is 5.32 Å². The normalized spacial score (nSPS) is 29.8. The summed E-state index contributed by atoms with van der Waals surface area (Å²) in [4.78, 5) is 10.3. The molecule has 0 bridgehead atoms. The molecule has 90 valence electrons. The van der Waals surface area contributed by atoms with Crippen LogP contribution in [0.1, 0.15) is 0 Å². The van der Waals surface area contributed by atoms with Crippen LogP contribution in [0.3, 0.4) is 0 Å². The maximum Gasteiger partial charge on any atom is 0.270 e. The van der Waals surface area contributed by atoms with Crippen LogP contribution in [0, 0.1) is 25.5 Å². The molecule has 2 fully saturated rings. The fraction of sp³-hybridized carbons (Fsp3) is 0.455. The second-order valence-corrected chi connectivity index (χ2v) is 5.74. The van der Waals surface area contributed by atoms with Crippen molar-refractivity contribution in [2.75, 3.05) is 18.4 Å². The Labute approximate surface area is 112 Å². The molecule has 0 radical (unpaired) electrons. The maximum absolute atomic E-state index is 10.6. The molecule has 1 saturated heterocycles. The zero-order valence-electron chi connectivity index (χ0n) is 9.02. The van der Waals surface area contributed by atoms with Gasteiger partial charge < -0.3 is 10.6 Å². The SMILES string of the molecule is O=[N+]([O-])c1ccc(NC2C3CNCC32)c(I)c1. The average Bonchev–Trinajstić information content (AvgIpc) is 2.74. The second-order valence-electron chi connectivity index (χ2n) is 4.58. The van der Waals surface area contributed by atoms with Crippen LogP contribution in [-0.2, 0) is 0 Å². The maximum atomic E-state index is 10.6. The third-order valence-corrected chi connectivity index (χ3v) is 4.47. The highest BCUT2D eigenvalue weighted by Crippen LogP contribution is 2.44. The summed E-state index contributed by atoms with van der Waals surface area (Å²) >= 11 is 2.14. The number of non-ortho nitro benzene ring substituents is 1. The number of benzene rings is 1. The first-order valence-electron chi connectivity index (χ1n) is 5.58. The molecule has 1 aliphatic heterocycles. The first kappa shape index (κ1) is 11.2. The number of nitrogens with zero attached hydrogens (tertiary/aromatic N) is 1. The molecule has 2 N–H and O–H groups in total. The van der Waals surface area contributed by atoms with Crippen LogP contribution in [0.5, 0.6) is 0 Å². The first-order chi connectivity index (χ1) is 8.16. The Bertz CT molecular complexity index is 470. The van der Waals surface area contributed by atoms with Gasteiger partial charge in [0.15, 0.2) is 0 Å². The third-order valence-electron chi connectivity index (χ3n) is 3.58. The predicted molar refractivity (Wildman–Crippen MR) is 73.1 cm³/mol. The van der Waals surface area contributed by atoms with Crippen LogP contribution in [0.2, 0.25) is 0 Å². The molecule has 0 spiro atoms. The molecule has 1 aromatic carbocycles. The van der Waals surface area contributed by atoms with Crippen molar-refractivity contribution in [3.63, 3.8) is 0 Å². The summed E-state index contributed by atoms with van der Waals surface area (Å²) in [5.74, 6) is 1.47. The van der Waals surface area contributed by atoms with E-state index in [9.17, 15) is 10.1 Å². The summed E-state index contributed by atoms with van der Waals surface area (Å²) in [7, 11) is 0. The molecule has 0 aromatic heterocycles. The number of piperidine rings is 1. The molecule has 1 aromatic rings. The van der Waals surface area contributed by atoms with E-state index in [1.165, 1.54) is 0 Å². The number of hydrogen-bond donors (Lipinski definition) is 2. The minimum atomic E-state index is -0.359. The number of nitro benzene ring substituents is 1. The van der Waals surface area contributed by atoms with Crippen LogP contribution in [-0.4, -0.2) is 24.1 Å². The molecule has 1 saturated carbocycles. The molecule has 3 rings (SSSR count). The van der Waals surface area contributed by atoms with Gasteiger partial charge in [-0.25, -0.2) is 0 Å². The van der Waals surface area contributed by atoms with Gasteiger partial charge in [0.05, 0.1) is 4.92 Å². The number of anilines is 1. The number of halogens is 1. The van der Waals surface area contributed by atoms with E-state index in [0.717, 1.165) is 34.2 Å². The Morgan fingerprint density at radius 3 is 2.71 bits per heavy atom. The number of rotatable bonds is 3. The summed E-state index contributed by atoms with van der Waals surface area (Å²) in [5.41, 5.74) is 1.16. The van der Waals surface area contributed by atoms with Crippen molar-refractivity contribution in [3.8, 4) is 0 Å². The smallest absolute Gasteiger partial charge is 0.270 e. The van der Waals surface area contributed by atoms with E-state index >= 15 is 0 Å². The van der Waals surface area contributed by atoms with Gasteiger partial charge >= 0.3 is 0 Å². The van der Waals surface area contributed by atoms with E-state index in [-0.39, 0.29) is 10.6 Å². The van der Waals surface area contributed by atoms with Gasteiger partial charge in [-0.15, -0.1) is 0 Å². The minimum Gasteiger partial charge on any atom is -0.381 e. The summed E-state index contributed by atoms with van der Waals surface area (Å²) in [6.45, 7) is 2.18. The molecular formula is C11H12IN3O2. The molecule has 17 heavy (non-hydrogen) atoms. The van der Waals surface area contributed by atoms with E-state index in [1.807, 2.05) is 0 Å². The molecule has 1 heterocycles. The van der Waals surface area contributed by atoms with Gasteiger partial charge in [-0.3, -0.25) is 10.1 Å². The summed E-state index contributed by atoms with van der Waals surface area (Å²) in [5, 5.41) is 17.5. The first-order valence-corrected chi connectivity index (χ1v) is 6.66. The van der Waals surface area contributed by atoms with E-state index in [0.29, 0.717) is 6.04 Å². The number of fused-ring (bicyclic) bond motifs is 1. The molecule has 2 aliphatic rings. The topological polar surface area (TPSA) is 67.2 Å². The van der Waals surface area contributed by atoms with Crippen molar-refractivity contribution in [2.24, 2.45) is 11.8 Å². The van der Waals surface area contributed by atoms with Crippen molar-refractivity contribution >= 4 is 34.0 Å². The van der Waals surface area contributed by atoms with Gasteiger partial charge in [-0.1, -0.05) is 0 Å². The Morgan fingerprint density at radius 1 is 1.41 bits per heavy atom.